The monoisotopic (exact) mass is 229 g/mol. The van der Waals surface area contributed by atoms with E-state index in [1.807, 2.05) is 6.07 Å². The normalized spacial score (nSPS) is 21.2. The summed E-state index contributed by atoms with van der Waals surface area (Å²) in [6.45, 7) is 7.00. The minimum Gasteiger partial charge on any atom is -0.464 e. The van der Waals surface area contributed by atoms with Crippen molar-refractivity contribution in [1.82, 2.24) is 5.32 Å². The Labute approximate surface area is 102 Å². The van der Waals surface area contributed by atoms with Gasteiger partial charge in [0.1, 0.15) is 5.58 Å². The fourth-order valence-electron chi connectivity index (χ4n) is 2.87. The standard InChI is InChI=1S/C15H19NO/c1-15(2,13-5-7-16-10-13)12-3-4-14-11(9-12)6-8-17-14/h3-4,6,8-9,13,16H,5,7,10H2,1-2H3. The van der Waals surface area contributed by atoms with Crippen molar-refractivity contribution in [3.8, 4) is 0 Å². The van der Waals surface area contributed by atoms with Gasteiger partial charge in [0.05, 0.1) is 6.26 Å². The van der Waals surface area contributed by atoms with Crippen LogP contribution in [-0.4, -0.2) is 13.1 Å². The van der Waals surface area contributed by atoms with Crippen LogP contribution in [0.1, 0.15) is 25.8 Å². The van der Waals surface area contributed by atoms with Gasteiger partial charge in [-0.05, 0) is 54.6 Å². The van der Waals surface area contributed by atoms with Crippen molar-refractivity contribution in [1.29, 1.82) is 0 Å². The van der Waals surface area contributed by atoms with Gasteiger partial charge in [-0.25, -0.2) is 0 Å². The first-order valence-corrected chi connectivity index (χ1v) is 6.36. The van der Waals surface area contributed by atoms with Crippen molar-refractivity contribution >= 4 is 11.0 Å². The van der Waals surface area contributed by atoms with Gasteiger partial charge in [-0.1, -0.05) is 19.9 Å². The van der Waals surface area contributed by atoms with Gasteiger partial charge in [-0.15, -0.1) is 0 Å². The van der Waals surface area contributed by atoms with Crippen molar-refractivity contribution < 1.29 is 4.42 Å². The van der Waals surface area contributed by atoms with Crippen LogP contribution in [0.25, 0.3) is 11.0 Å². The highest BCUT2D eigenvalue weighted by Gasteiger charge is 2.33. The first-order chi connectivity index (χ1) is 8.18. The molecule has 0 bridgehead atoms. The molecule has 1 saturated heterocycles. The van der Waals surface area contributed by atoms with Gasteiger partial charge in [-0.2, -0.15) is 0 Å². The van der Waals surface area contributed by atoms with Crippen molar-refractivity contribution in [2.45, 2.75) is 25.7 Å². The zero-order valence-corrected chi connectivity index (χ0v) is 10.5. The van der Waals surface area contributed by atoms with Crippen molar-refractivity contribution in [3.05, 3.63) is 36.1 Å². The minimum absolute atomic E-state index is 0.231. The highest BCUT2D eigenvalue weighted by molar-refractivity contribution is 5.78. The maximum absolute atomic E-state index is 5.40. The Bertz CT molecular complexity index is 520. The molecular formula is C15H19NO. The molecule has 90 valence electrons. The van der Waals surface area contributed by atoms with E-state index in [1.165, 1.54) is 17.4 Å². The molecule has 1 aliphatic rings. The second kappa shape index (κ2) is 3.88. The van der Waals surface area contributed by atoms with E-state index in [2.05, 4.69) is 37.4 Å². The molecule has 1 aliphatic heterocycles. The van der Waals surface area contributed by atoms with Crippen molar-refractivity contribution in [3.63, 3.8) is 0 Å². The molecule has 1 atom stereocenters. The average Bonchev–Trinajstić information content (AvgIpc) is 2.99. The van der Waals surface area contributed by atoms with E-state index >= 15 is 0 Å². The lowest BCUT2D eigenvalue weighted by Gasteiger charge is -2.31. The molecule has 0 saturated carbocycles. The van der Waals surface area contributed by atoms with E-state index in [1.54, 1.807) is 6.26 Å². The molecule has 1 aromatic heterocycles. The highest BCUT2D eigenvalue weighted by Crippen LogP contribution is 2.36. The Kier molecular flexibility index (Phi) is 2.48. The summed E-state index contributed by atoms with van der Waals surface area (Å²) in [6, 6.07) is 8.62. The second-order valence-corrected chi connectivity index (χ2v) is 5.58. The van der Waals surface area contributed by atoms with Crippen molar-refractivity contribution in [2.24, 2.45) is 5.92 Å². The van der Waals surface area contributed by atoms with Crippen molar-refractivity contribution in [2.75, 3.05) is 13.1 Å². The molecule has 3 rings (SSSR count). The van der Waals surface area contributed by atoms with Gasteiger partial charge in [0.2, 0.25) is 0 Å². The average molecular weight is 229 g/mol. The summed E-state index contributed by atoms with van der Waals surface area (Å²) in [7, 11) is 0. The zero-order valence-electron chi connectivity index (χ0n) is 10.5. The van der Waals surface area contributed by atoms with Crippen LogP contribution < -0.4 is 5.32 Å². The fraction of sp³-hybridized carbons (Fsp3) is 0.467. The largest absolute Gasteiger partial charge is 0.464 e. The first-order valence-electron chi connectivity index (χ1n) is 6.36. The van der Waals surface area contributed by atoms with E-state index in [-0.39, 0.29) is 5.41 Å². The predicted molar refractivity (Wildman–Crippen MR) is 70.2 cm³/mol. The molecule has 2 heteroatoms. The van der Waals surface area contributed by atoms with Crippen LogP contribution >= 0.6 is 0 Å². The maximum Gasteiger partial charge on any atom is 0.133 e. The molecule has 0 amide bonds. The highest BCUT2D eigenvalue weighted by atomic mass is 16.3. The number of fused-ring (bicyclic) bond motifs is 1. The molecule has 1 fully saturated rings. The Morgan fingerprint density at radius 1 is 1.29 bits per heavy atom. The Balaban J connectivity index is 2.00. The third kappa shape index (κ3) is 1.77. The van der Waals surface area contributed by atoms with Crippen LogP contribution in [0.15, 0.2) is 34.9 Å². The molecular weight excluding hydrogens is 210 g/mol. The van der Waals surface area contributed by atoms with Gasteiger partial charge >= 0.3 is 0 Å². The maximum atomic E-state index is 5.40. The molecule has 0 aliphatic carbocycles. The fourth-order valence-corrected chi connectivity index (χ4v) is 2.87. The SMILES string of the molecule is CC(C)(c1ccc2occc2c1)C1CCNC1. The van der Waals surface area contributed by atoms with Crippen LogP contribution in [0, 0.1) is 5.92 Å². The third-order valence-electron chi connectivity index (χ3n) is 4.28. The number of hydrogen-bond acceptors (Lipinski definition) is 2. The Hall–Kier alpha value is -1.28. The number of benzene rings is 1. The van der Waals surface area contributed by atoms with Gasteiger partial charge in [0.25, 0.3) is 0 Å². The minimum atomic E-state index is 0.231. The van der Waals surface area contributed by atoms with Gasteiger partial charge in [-0.3, -0.25) is 0 Å². The number of rotatable bonds is 2. The van der Waals surface area contributed by atoms with E-state index < -0.39 is 0 Å². The lowest BCUT2D eigenvalue weighted by molar-refractivity contribution is 0.344. The summed E-state index contributed by atoms with van der Waals surface area (Å²) >= 11 is 0. The topological polar surface area (TPSA) is 25.2 Å². The smallest absolute Gasteiger partial charge is 0.133 e. The summed E-state index contributed by atoms with van der Waals surface area (Å²) in [5.74, 6) is 0.729. The molecule has 1 N–H and O–H groups in total. The van der Waals surface area contributed by atoms with E-state index in [0.717, 1.165) is 24.6 Å². The summed E-state index contributed by atoms with van der Waals surface area (Å²) < 4.78 is 5.40. The number of furan rings is 1. The van der Waals surface area contributed by atoms with Gasteiger partial charge in [0, 0.05) is 5.39 Å². The Morgan fingerprint density at radius 3 is 2.94 bits per heavy atom. The van der Waals surface area contributed by atoms with E-state index in [9.17, 15) is 0 Å². The van der Waals surface area contributed by atoms with Crippen LogP contribution in [0.5, 0.6) is 0 Å². The van der Waals surface area contributed by atoms with Gasteiger partial charge in [0.15, 0.2) is 0 Å². The molecule has 0 radical (unpaired) electrons. The predicted octanol–water partition coefficient (Wildman–Crippen LogP) is 3.32. The lowest BCUT2D eigenvalue weighted by Crippen LogP contribution is -2.30. The lowest BCUT2D eigenvalue weighted by atomic mass is 9.73. The molecule has 17 heavy (non-hydrogen) atoms. The summed E-state index contributed by atoms with van der Waals surface area (Å²) in [5, 5.41) is 4.67. The number of hydrogen-bond donors (Lipinski definition) is 1. The van der Waals surface area contributed by atoms with Crippen LogP contribution in [0.2, 0.25) is 0 Å². The quantitative estimate of drug-likeness (QED) is 0.854. The second-order valence-electron chi connectivity index (χ2n) is 5.58. The van der Waals surface area contributed by atoms with Crippen LogP contribution in [-0.2, 0) is 5.41 Å². The summed E-state index contributed by atoms with van der Waals surface area (Å²) in [5.41, 5.74) is 2.63. The van der Waals surface area contributed by atoms with E-state index in [0.29, 0.717) is 0 Å². The zero-order chi connectivity index (χ0) is 11.9. The van der Waals surface area contributed by atoms with E-state index in [4.69, 9.17) is 4.42 Å². The van der Waals surface area contributed by atoms with Crippen LogP contribution in [0.3, 0.4) is 0 Å². The summed E-state index contributed by atoms with van der Waals surface area (Å²) in [6.07, 6.45) is 3.04. The molecule has 1 unspecified atom stereocenters. The van der Waals surface area contributed by atoms with Gasteiger partial charge < -0.3 is 9.73 Å². The third-order valence-corrected chi connectivity index (χ3v) is 4.28. The molecule has 2 heterocycles. The molecule has 2 nitrogen and oxygen atoms in total. The van der Waals surface area contributed by atoms with Crippen LogP contribution in [0.4, 0.5) is 0 Å². The number of nitrogens with one attached hydrogen (secondary N) is 1. The Morgan fingerprint density at radius 2 is 2.18 bits per heavy atom. The molecule has 1 aromatic carbocycles. The summed E-state index contributed by atoms with van der Waals surface area (Å²) in [4.78, 5) is 0. The molecule has 2 aromatic rings. The molecule has 0 spiro atoms. The first kappa shape index (κ1) is 10.8.